The third kappa shape index (κ3) is 5.10. The maximum atomic E-state index is 13.0. The lowest BCUT2D eigenvalue weighted by molar-refractivity contribution is -0.138. The Morgan fingerprint density at radius 1 is 1.19 bits per heavy atom. The van der Waals surface area contributed by atoms with Crippen molar-refractivity contribution in [1.29, 1.82) is 0 Å². The number of aryl methyl sites for hydroxylation is 1. The molecule has 7 nitrogen and oxygen atoms in total. The van der Waals surface area contributed by atoms with Gasteiger partial charge >= 0.3 is 12.1 Å². The monoisotopic (exact) mass is 477 g/mol. The molecule has 168 valence electrons. The van der Waals surface area contributed by atoms with Crippen LogP contribution in [0, 0.1) is 6.92 Å². The molecule has 0 unspecified atom stereocenters. The molecule has 0 aliphatic carbocycles. The van der Waals surface area contributed by atoms with Gasteiger partial charge in [-0.15, -0.1) is 0 Å². The molecule has 1 N–H and O–H groups in total. The SMILES string of the molecule is Cc1ccc(S(=O)(=O)N2CCN(c3ncc(C(F)(F)F)cc3Cl)CC2)cc1CC(=O)O. The molecule has 0 spiro atoms. The molecule has 1 fully saturated rings. The van der Waals surface area contributed by atoms with E-state index >= 15 is 0 Å². The number of piperazine rings is 1. The number of alkyl halides is 3. The Morgan fingerprint density at radius 3 is 2.39 bits per heavy atom. The van der Waals surface area contributed by atoms with Crippen LogP contribution in [-0.2, 0) is 27.4 Å². The number of carbonyl (C=O) groups is 1. The van der Waals surface area contributed by atoms with Crippen molar-refractivity contribution in [3.63, 3.8) is 0 Å². The summed E-state index contributed by atoms with van der Waals surface area (Å²) in [7, 11) is -3.87. The van der Waals surface area contributed by atoms with E-state index in [4.69, 9.17) is 16.7 Å². The summed E-state index contributed by atoms with van der Waals surface area (Å²) in [4.78, 5) is 16.4. The lowest BCUT2D eigenvalue weighted by Crippen LogP contribution is -2.49. The molecule has 1 aliphatic rings. The number of hydrogen-bond donors (Lipinski definition) is 1. The van der Waals surface area contributed by atoms with Crippen LogP contribution in [0.5, 0.6) is 0 Å². The van der Waals surface area contributed by atoms with E-state index in [-0.39, 0.29) is 48.3 Å². The number of halogens is 4. The van der Waals surface area contributed by atoms with Crippen molar-refractivity contribution in [1.82, 2.24) is 9.29 Å². The van der Waals surface area contributed by atoms with Gasteiger partial charge in [0, 0.05) is 32.4 Å². The summed E-state index contributed by atoms with van der Waals surface area (Å²) in [6.45, 7) is 2.22. The molecule has 0 bridgehead atoms. The summed E-state index contributed by atoms with van der Waals surface area (Å²) in [5, 5.41) is 8.85. The summed E-state index contributed by atoms with van der Waals surface area (Å²) < 4.78 is 65.6. The summed E-state index contributed by atoms with van der Waals surface area (Å²) >= 11 is 5.98. The largest absolute Gasteiger partial charge is 0.481 e. The summed E-state index contributed by atoms with van der Waals surface area (Å²) in [5.74, 6) is -0.905. The van der Waals surface area contributed by atoms with Crippen molar-refractivity contribution in [3.05, 3.63) is 52.2 Å². The van der Waals surface area contributed by atoms with E-state index in [2.05, 4.69) is 4.98 Å². The van der Waals surface area contributed by atoms with Crippen LogP contribution in [-0.4, -0.2) is 55.0 Å². The molecule has 31 heavy (non-hydrogen) atoms. The zero-order valence-electron chi connectivity index (χ0n) is 16.4. The molecular weight excluding hydrogens is 459 g/mol. The molecular formula is C19H19ClF3N3O4S. The zero-order chi connectivity index (χ0) is 23.0. The Labute approximate surface area is 182 Å². The number of nitrogens with zero attached hydrogens (tertiary/aromatic N) is 3. The van der Waals surface area contributed by atoms with Gasteiger partial charge in [-0.1, -0.05) is 17.7 Å². The van der Waals surface area contributed by atoms with Gasteiger partial charge in [-0.05, 0) is 36.2 Å². The molecule has 2 heterocycles. The van der Waals surface area contributed by atoms with Crippen molar-refractivity contribution < 1.29 is 31.5 Å². The molecule has 0 saturated carbocycles. The third-order valence-electron chi connectivity index (χ3n) is 4.99. The number of benzene rings is 1. The van der Waals surface area contributed by atoms with Crippen molar-refractivity contribution in [2.75, 3.05) is 31.1 Å². The van der Waals surface area contributed by atoms with Crippen molar-refractivity contribution in [3.8, 4) is 0 Å². The number of carboxylic acids is 1. The number of sulfonamides is 1. The lowest BCUT2D eigenvalue weighted by Gasteiger charge is -2.35. The smallest absolute Gasteiger partial charge is 0.417 e. The number of pyridine rings is 1. The number of aromatic nitrogens is 1. The second-order valence-corrected chi connectivity index (χ2v) is 9.42. The highest BCUT2D eigenvalue weighted by atomic mass is 35.5. The van der Waals surface area contributed by atoms with Crippen molar-refractivity contribution in [2.45, 2.75) is 24.4 Å². The minimum Gasteiger partial charge on any atom is -0.481 e. The third-order valence-corrected chi connectivity index (χ3v) is 7.16. The molecule has 0 atom stereocenters. The van der Waals surface area contributed by atoms with Crippen LogP contribution in [0.25, 0.3) is 0 Å². The lowest BCUT2D eigenvalue weighted by atomic mass is 10.1. The van der Waals surface area contributed by atoms with Crippen LogP contribution in [0.3, 0.4) is 0 Å². The molecule has 1 aromatic heterocycles. The highest BCUT2D eigenvalue weighted by Gasteiger charge is 2.33. The quantitative estimate of drug-likeness (QED) is 0.711. The van der Waals surface area contributed by atoms with Crippen LogP contribution in [0.4, 0.5) is 19.0 Å². The molecule has 1 aromatic carbocycles. The summed E-state index contributed by atoms with van der Waals surface area (Å²) in [6.07, 6.45) is -4.16. The number of rotatable bonds is 5. The van der Waals surface area contributed by atoms with Gasteiger partial charge in [-0.25, -0.2) is 13.4 Å². The van der Waals surface area contributed by atoms with Crippen molar-refractivity contribution >= 4 is 33.4 Å². The predicted octanol–water partition coefficient (Wildman–Crippen LogP) is 3.20. The van der Waals surface area contributed by atoms with Gasteiger partial charge in [0.25, 0.3) is 0 Å². The van der Waals surface area contributed by atoms with Gasteiger partial charge in [0.15, 0.2) is 0 Å². The van der Waals surface area contributed by atoms with Crippen LogP contribution in [0.2, 0.25) is 5.02 Å². The predicted molar refractivity (Wildman–Crippen MR) is 108 cm³/mol. The van der Waals surface area contributed by atoms with Crippen molar-refractivity contribution in [2.24, 2.45) is 0 Å². The van der Waals surface area contributed by atoms with Gasteiger partial charge < -0.3 is 10.0 Å². The fourth-order valence-corrected chi connectivity index (χ4v) is 5.03. The van der Waals surface area contributed by atoms with E-state index in [1.807, 2.05) is 0 Å². The maximum absolute atomic E-state index is 13.0. The number of anilines is 1. The first-order chi connectivity index (χ1) is 14.4. The molecule has 0 radical (unpaired) electrons. The fourth-order valence-electron chi connectivity index (χ4n) is 3.27. The Bertz CT molecular complexity index is 1100. The minimum absolute atomic E-state index is 0.00603. The average molecular weight is 478 g/mol. The number of hydrogen-bond acceptors (Lipinski definition) is 5. The van der Waals surface area contributed by atoms with E-state index in [0.29, 0.717) is 17.3 Å². The standard InChI is InChI=1S/C19H19ClF3N3O4S/c1-12-2-3-15(8-13(12)9-17(27)28)31(29,30)26-6-4-25(5-7-26)18-16(20)10-14(11-24-18)19(21,22)23/h2-3,8,10-11H,4-7,9H2,1H3,(H,27,28). The Kier molecular flexibility index (Phi) is 6.49. The van der Waals surface area contributed by atoms with Crippen LogP contribution in [0.1, 0.15) is 16.7 Å². The number of carboxylic acid groups (broad SMARTS) is 1. The minimum atomic E-state index is -4.56. The molecule has 3 rings (SSSR count). The average Bonchev–Trinajstić information content (AvgIpc) is 2.68. The second kappa shape index (κ2) is 8.64. The van der Waals surface area contributed by atoms with E-state index in [0.717, 1.165) is 6.07 Å². The van der Waals surface area contributed by atoms with Crippen LogP contribution < -0.4 is 4.90 Å². The Morgan fingerprint density at radius 2 is 1.84 bits per heavy atom. The second-order valence-electron chi connectivity index (χ2n) is 7.08. The molecule has 1 saturated heterocycles. The van der Waals surface area contributed by atoms with Gasteiger partial charge in [-0.3, -0.25) is 4.79 Å². The fraction of sp³-hybridized carbons (Fsp3) is 0.368. The van der Waals surface area contributed by atoms with Crippen LogP contribution >= 0.6 is 11.6 Å². The van der Waals surface area contributed by atoms with Crippen LogP contribution in [0.15, 0.2) is 35.4 Å². The van der Waals surface area contributed by atoms with Gasteiger partial charge in [-0.2, -0.15) is 17.5 Å². The maximum Gasteiger partial charge on any atom is 0.417 e. The zero-order valence-corrected chi connectivity index (χ0v) is 17.9. The van der Waals surface area contributed by atoms with Gasteiger partial charge in [0.05, 0.1) is 21.9 Å². The molecule has 2 aromatic rings. The summed E-state index contributed by atoms with van der Waals surface area (Å²) in [5.41, 5.74) is 0.126. The molecule has 0 amide bonds. The highest BCUT2D eigenvalue weighted by molar-refractivity contribution is 7.89. The highest BCUT2D eigenvalue weighted by Crippen LogP contribution is 2.34. The van der Waals surface area contributed by atoms with Gasteiger partial charge in [0.2, 0.25) is 10.0 Å². The summed E-state index contributed by atoms with van der Waals surface area (Å²) in [6, 6.07) is 5.15. The number of aliphatic carboxylic acids is 1. The van der Waals surface area contributed by atoms with E-state index < -0.39 is 27.7 Å². The molecule has 1 aliphatic heterocycles. The topological polar surface area (TPSA) is 90.8 Å². The first kappa shape index (κ1) is 23.3. The van der Waals surface area contributed by atoms with E-state index in [1.165, 1.54) is 16.4 Å². The first-order valence-corrected chi connectivity index (χ1v) is 11.0. The first-order valence-electron chi connectivity index (χ1n) is 9.19. The van der Waals surface area contributed by atoms with E-state index in [9.17, 15) is 26.4 Å². The normalized spacial score (nSPS) is 15.8. The van der Waals surface area contributed by atoms with E-state index in [1.54, 1.807) is 17.9 Å². The molecule has 12 heteroatoms. The Hall–Kier alpha value is -2.37. The van der Waals surface area contributed by atoms with Gasteiger partial charge in [0.1, 0.15) is 5.82 Å². The Balaban J connectivity index is 1.75.